The Morgan fingerprint density at radius 3 is 2.53 bits per heavy atom. The lowest BCUT2D eigenvalue weighted by Crippen LogP contribution is -2.12. The van der Waals surface area contributed by atoms with Crippen molar-refractivity contribution in [3.05, 3.63) is 41.3 Å². The van der Waals surface area contributed by atoms with Gasteiger partial charge in [-0.3, -0.25) is 0 Å². The Balaban J connectivity index is 2.12. The van der Waals surface area contributed by atoms with Crippen molar-refractivity contribution < 1.29 is 0 Å². The van der Waals surface area contributed by atoms with E-state index in [-0.39, 0.29) is 0 Å². The minimum absolute atomic E-state index is 0.591. The second-order valence-corrected chi connectivity index (χ2v) is 4.73. The van der Waals surface area contributed by atoms with Crippen molar-refractivity contribution in [3.8, 4) is 10.4 Å². The van der Waals surface area contributed by atoms with Crippen LogP contribution in [0.5, 0.6) is 0 Å². The van der Waals surface area contributed by atoms with Gasteiger partial charge in [0.2, 0.25) is 0 Å². The van der Waals surface area contributed by atoms with Gasteiger partial charge in [0.15, 0.2) is 0 Å². The zero-order valence-electron chi connectivity index (χ0n) is 9.65. The number of nitrogens with one attached hydrogen (secondary N) is 1. The number of thiophene rings is 1. The highest BCUT2D eigenvalue weighted by Crippen LogP contribution is 2.29. The molecule has 0 atom stereocenters. The number of hydrogen-bond acceptors (Lipinski definition) is 4. The van der Waals surface area contributed by atoms with Crippen LogP contribution in [0.25, 0.3) is 10.4 Å². The summed E-state index contributed by atoms with van der Waals surface area (Å²) in [5.74, 6) is 0. The van der Waals surface area contributed by atoms with Crippen molar-refractivity contribution in [2.45, 2.75) is 6.54 Å². The first-order valence-electron chi connectivity index (χ1n) is 5.65. The van der Waals surface area contributed by atoms with Gasteiger partial charge >= 0.3 is 0 Å². The Labute approximate surface area is 105 Å². The number of benzene rings is 1. The van der Waals surface area contributed by atoms with E-state index in [1.807, 2.05) is 0 Å². The molecule has 0 aliphatic rings. The fourth-order valence-corrected chi connectivity index (χ4v) is 2.47. The Hall–Kier alpha value is -1.36. The maximum absolute atomic E-state index is 5.58. The molecule has 17 heavy (non-hydrogen) atoms. The maximum Gasteiger partial charge on any atom is 0.0455 e. The Bertz CT molecular complexity index is 462. The maximum atomic E-state index is 5.58. The van der Waals surface area contributed by atoms with Crippen LogP contribution in [-0.4, -0.2) is 13.1 Å². The molecule has 3 nitrogen and oxygen atoms in total. The summed E-state index contributed by atoms with van der Waals surface area (Å²) < 4.78 is 0. The highest BCUT2D eigenvalue weighted by Gasteiger charge is 2.02. The molecule has 2 aromatic rings. The van der Waals surface area contributed by atoms with E-state index in [2.05, 4.69) is 41.0 Å². The van der Waals surface area contributed by atoms with Crippen molar-refractivity contribution in [2.24, 2.45) is 11.5 Å². The predicted molar refractivity (Wildman–Crippen MR) is 75.2 cm³/mol. The molecule has 1 aromatic carbocycles. The number of nitrogens with two attached hydrogens (primary N) is 2. The molecule has 0 unspecified atom stereocenters. The molecule has 0 saturated heterocycles. The predicted octanol–water partition coefficient (Wildman–Crippen LogP) is 2.24. The fraction of sp³-hybridized carbons (Fsp3) is 0.231. The molecular weight excluding hydrogens is 230 g/mol. The van der Waals surface area contributed by atoms with Crippen LogP contribution in [0.3, 0.4) is 0 Å². The van der Waals surface area contributed by atoms with E-state index < -0.39 is 0 Å². The molecule has 0 saturated carbocycles. The molecule has 0 aliphatic carbocycles. The molecule has 90 valence electrons. The summed E-state index contributed by atoms with van der Waals surface area (Å²) in [6, 6.07) is 10.5. The Morgan fingerprint density at radius 2 is 1.88 bits per heavy atom. The number of hydrogen-bond donors (Lipinski definition) is 3. The van der Waals surface area contributed by atoms with E-state index in [4.69, 9.17) is 11.5 Å². The molecule has 1 aromatic heterocycles. The van der Waals surface area contributed by atoms with Gasteiger partial charge in [-0.05, 0) is 17.2 Å². The van der Waals surface area contributed by atoms with Crippen molar-refractivity contribution in [1.29, 1.82) is 0 Å². The average Bonchev–Trinajstić information content (AvgIpc) is 2.85. The lowest BCUT2D eigenvalue weighted by molar-refractivity contribution is 1.03. The lowest BCUT2D eigenvalue weighted by atomic mass is 10.1. The smallest absolute Gasteiger partial charge is 0.0455 e. The minimum atomic E-state index is 0.591. The summed E-state index contributed by atoms with van der Waals surface area (Å²) in [4.78, 5) is 1.26. The van der Waals surface area contributed by atoms with Crippen molar-refractivity contribution in [1.82, 2.24) is 0 Å². The monoisotopic (exact) mass is 247 g/mol. The zero-order chi connectivity index (χ0) is 12.1. The summed E-state index contributed by atoms with van der Waals surface area (Å²) in [6.07, 6.45) is 0. The second-order valence-electron chi connectivity index (χ2n) is 3.82. The largest absolute Gasteiger partial charge is 0.383 e. The van der Waals surface area contributed by atoms with Gasteiger partial charge in [-0.15, -0.1) is 11.3 Å². The van der Waals surface area contributed by atoms with E-state index in [1.54, 1.807) is 11.3 Å². The van der Waals surface area contributed by atoms with Crippen molar-refractivity contribution in [2.75, 3.05) is 18.4 Å². The van der Waals surface area contributed by atoms with Crippen molar-refractivity contribution >= 4 is 17.0 Å². The average molecular weight is 247 g/mol. The fourth-order valence-electron chi connectivity index (χ4n) is 1.60. The molecule has 0 fully saturated rings. The van der Waals surface area contributed by atoms with Gasteiger partial charge in [0, 0.05) is 35.6 Å². The van der Waals surface area contributed by atoms with E-state index in [0.717, 1.165) is 17.8 Å². The summed E-state index contributed by atoms with van der Waals surface area (Å²) in [5.41, 5.74) is 14.6. The van der Waals surface area contributed by atoms with Crippen LogP contribution in [0.4, 0.5) is 5.69 Å². The Kier molecular flexibility index (Phi) is 4.14. The third-order valence-corrected chi connectivity index (χ3v) is 3.53. The van der Waals surface area contributed by atoms with Gasteiger partial charge in [0.1, 0.15) is 0 Å². The van der Waals surface area contributed by atoms with Gasteiger partial charge in [-0.1, -0.05) is 24.3 Å². The number of rotatable bonds is 5. The summed E-state index contributed by atoms with van der Waals surface area (Å²) in [5, 5.41) is 5.39. The van der Waals surface area contributed by atoms with Crippen LogP contribution < -0.4 is 16.8 Å². The Morgan fingerprint density at radius 1 is 1.12 bits per heavy atom. The third kappa shape index (κ3) is 3.06. The van der Waals surface area contributed by atoms with Gasteiger partial charge in [-0.2, -0.15) is 0 Å². The van der Waals surface area contributed by atoms with E-state index in [9.17, 15) is 0 Å². The van der Waals surface area contributed by atoms with Crippen LogP contribution in [0.15, 0.2) is 35.7 Å². The SMILES string of the molecule is NCCNc1csc(-c2ccc(CN)cc2)c1. The van der Waals surface area contributed by atoms with E-state index in [1.165, 1.54) is 10.4 Å². The van der Waals surface area contributed by atoms with Gasteiger partial charge in [0.25, 0.3) is 0 Å². The van der Waals surface area contributed by atoms with Crippen LogP contribution in [0, 0.1) is 0 Å². The number of anilines is 1. The van der Waals surface area contributed by atoms with Crippen LogP contribution in [-0.2, 0) is 6.54 Å². The highest BCUT2D eigenvalue weighted by atomic mass is 32.1. The molecule has 0 spiro atoms. The van der Waals surface area contributed by atoms with Gasteiger partial charge in [-0.25, -0.2) is 0 Å². The van der Waals surface area contributed by atoms with Crippen LogP contribution in [0.1, 0.15) is 5.56 Å². The molecule has 0 radical (unpaired) electrons. The molecule has 0 amide bonds. The molecule has 0 bridgehead atoms. The molecule has 0 aliphatic heterocycles. The van der Waals surface area contributed by atoms with Crippen LogP contribution >= 0.6 is 11.3 Å². The normalized spacial score (nSPS) is 10.5. The second kappa shape index (κ2) is 5.82. The first-order valence-corrected chi connectivity index (χ1v) is 6.53. The molecular formula is C13H17N3S. The molecule has 5 N–H and O–H groups in total. The van der Waals surface area contributed by atoms with Gasteiger partial charge < -0.3 is 16.8 Å². The molecule has 1 heterocycles. The standard InChI is InChI=1S/C13H17N3S/c14-5-6-16-12-7-13(17-9-12)11-3-1-10(8-15)2-4-11/h1-4,7,9,16H,5-6,8,14-15H2. The third-order valence-electron chi connectivity index (χ3n) is 2.55. The van der Waals surface area contributed by atoms with Gasteiger partial charge in [0.05, 0.1) is 0 Å². The summed E-state index contributed by atoms with van der Waals surface area (Å²) in [6.45, 7) is 2.05. The molecule has 4 heteroatoms. The highest BCUT2D eigenvalue weighted by molar-refractivity contribution is 7.14. The first-order chi connectivity index (χ1) is 8.33. The lowest BCUT2D eigenvalue weighted by Gasteiger charge is -2.00. The quantitative estimate of drug-likeness (QED) is 0.759. The van der Waals surface area contributed by atoms with Crippen molar-refractivity contribution in [3.63, 3.8) is 0 Å². The van der Waals surface area contributed by atoms with Crippen LogP contribution in [0.2, 0.25) is 0 Å². The zero-order valence-corrected chi connectivity index (χ0v) is 10.5. The minimum Gasteiger partial charge on any atom is -0.383 e. The first kappa shape index (κ1) is 12.1. The summed E-state index contributed by atoms with van der Waals surface area (Å²) in [7, 11) is 0. The van der Waals surface area contributed by atoms with E-state index >= 15 is 0 Å². The van der Waals surface area contributed by atoms with E-state index in [0.29, 0.717) is 13.1 Å². The summed E-state index contributed by atoms with van der Waals surface area (Å²) >= 11 is 1.73. The molecule has 2 rings (SSSR count). The topological polar surface area (TPSA) is 64.1 Å².